The number of aliphatic imine (C=N–C) groups is 1. The summed E-state index contributed by atoms with van der Waals surface area (Å²) in [6, 6.07) is 4.99. The molecule has 1 saturated heterocycles. The van der Waals surface area contributed by atoms with Crippen LogP contribution in [-0.2, 0) is 10.9 Å². The number of ether oxygens (including phenoxy) is 1. The predicted molar refractivity (Wildman–Crippen MR) is 107 cm³/mol. The van der Waals surface area contributed by atoms with Crippen molar-refractivity contribution in [3.05, 3.63) is 35.4 Å². The van der Waals surface area contributed by atoms with Gasteiger partial charge in [0.25, 0.3) is 0 Å². The molecule has 0 aliphatic carbocycles. The average molecular weight is 481 g/mol. The first-order valence-corrected chi connectivity index (χ1v) is 8.29. The van der Waals surface area contributed by atoms with Gasteiger partial charge in [0, 0.05) is 18.7 Å². The van der Waals surface area contributed by atoms with Crippen molar-refractivity contribution in [3.8, 4) is 11.8 Å². The van der Waals surface area contributed by atoms with Crippen LogP contribution in [0.15, 0.2) is 29.3 Å². The third-order valence-corrected chi connectivity index (χ3v) is 3.59. The predicted octanol–water partition coefficient (Wildman–Crippen LogP) is 3.41. The molecule has 26 heavy (non-hydrogen) atoms. The number of alkyl halides is 3. The third kappa shape index (κ3) is 7.83. The van der Waals surface area contributed by atoms with E-state index in [0.29, 0.717) is 24.6 Å². The highest BCUT2D eigenvalue weighted by molar-refractivity contribution is 14.0. The van der Waals surface area contributed by atoms with Crippen molar-refractivity contribution in [3.63, 3.8) is 0 Å². The van der Waals surface area contributed by atoms with Crippen LogP contribution in [0.5, 0.6) is 0 Å². The lowest BCUT2D eigenvalue weighted by Crippen LogP contribution is -2.38. The second-order valence-electron chi connectivity index (χ2n) is 5.59. The zero-order valence-corrected chi connectivity index (χ0v) is 16.9. The Kier molecular flexibility index (Phi) is 9.80. The molecule has 8 heteroatoms. The van der Waals surface area contributed by atoms with Crippen molar-refractivity contribution >= 4 is 29.9 Å². The lowest BCUT2D eigenvalue weighted by Gasteiger charge is -2.11. The number of guanidine groups is 1. The van der Waals surface area contributed by atoms with E-state index in [4.69, 9.17) is 4.74 Å². The van der Waals surface area contributed by atoms with Gasteiger partial charge in [0.05, 0.1) is 24.8 Å². The molecule has 0 amide bonds. The molecule has 0 saturated carbocycles. The SMILES string of the molecule is CCNC(=NCC1CCCO1)NCC#Cc1cccc(C(F)(F)F)c1.I. The molecule has 0 radical (unpaired) electrons. The maximum absolute atomic E-state index is 12.7. The fourth-order valence-corrected chi connectivity index (χ4v) is 2.37. The number of nitrogens with one attached hydrogen (secondary N) is 2. The Labute approximate surface area is 169 Å². The molecular weight excluding hydrogens is 458 g/mol. The van der Waals surface area contributed by atoms with Gasteiger partial charge in [-0.1, -0.05) is 17.9 Å². The van der Waals surface area contributed by atoms with E-state index in [0.717, 1.165) is 31.6 Å². The van der Waals surface area contributed by atoms with Crippen molar-refractivity contribution in [1.82, 2.24) is 10.6 Å². The van der Waals surface area contributed by atoms with Gasteiger partial charge in [-0.25, -0.2) is 0 Å². The molecule has 1 unspecified atom stereocenters. The maximum atomic E-state index is 12.7. The summed E-state index contributed by atoms with van der Waals surface area (Å²) < 4.78 is 43.5. The van der Waals surface area contributed by atoms with E-state index in [1.54, 1.807) is 6.07 Å². The number of hydrogen-bond donors (Lipinski definition) is 2. The van der Waals surface area contributed by atoms with Gasteiger partial charge in [0.1, 0.15) is 0 Å². The number of rotatable bonds is 4. The van der Waals surface area contributed by atoms with Crippen LogP contribution in [-0.4, -0.2) is 38.3 Å². The average Bonchev–Trinajstić information content (AvgIpc) is 3.09. The summed E-state index contributed by atoms with van der Waals surface area (Å²) in [4.78, 5) is 4.44. The highest BCUT2D eigenvalue weighted by Crippen LogP contribution is 2.29. The van der Waals surface area contributed by atoms with Crippen LogP contribution in [0.2, 0.25) is 0 Å². The Balaban J connectivity index is 0.00000338. The fraction of sp³-hybridized carbons (Fsp3) is 0.500. The van der Waals surface area contributed by atoms with Gasteiger partial charge in [-0.2, -0.15) is 13.2 Å². The Hall–Kier alpha value is -1.47. The molecule has 0 bridgehead atoms. The number of halogens is 4. The van der Waals surface area contributed by atoms with Crippen LogP contribution >= 0.6 is 24.0 Å². The minimum Gasteiger partial charge on any atom is -0.376 e. The van der Waals surface area contributed by atoms with Gasteiger partial charge in [-0.05, 0) is 38.0 Å². The molecule has 0 aromatic heterocycles. The summed E-state index contributed by atoms with van der Waals surface area (Å²) in [7, 11) is 0. The molecule has 1 aromatic rings. The summed E-state index contributed by atoms with van der Waals surface area (Å²) in [5, 5.41) is 6.15. The van der Waals surface area contributed by atoms with Crippen molar-refractivity contribution in [2.75, 3.05) is 26.2 Å². The zero-order valence-electron chi connectivity index (χ0n) is 14.5. The minimum absolute atomic E-state index is 0. The summed E-state index contributed by atoms with van der Waals surface area (Å²) >= 11 is 0. The molecule has 4 nitrogen and oxygen atoms in total. The van der Waals surface area contributed by atoms with Crippen LogP contribution < -0.4 is 10.6 Å². The smallest absolute Gasteiger partial charge is 0.376 e. The first-order chi connectivity index (χ1) is 12.0. The van der Waals surface area contributed by atoms with Crippen LogP contribution in [0.1, 0.15) is 30.9 Å². The van der Waals surface area contributed by atoms with E-state index in [-0.39, 0.29) is 36.6 Å². The van der Waals surface area contributed by atoms with E-state index in [1.807, 2.05) is 6.92 Å². The lowest BCUT2D eigenvalue weighted by atomic mass is 10.1. The first-order valence-electron chi connectivity index (χ1n) is 8.29. The van der Waals surface area contributed by atoms with Crippen molar-refractivity contribution < 1.29 is 17.9 Å². The number of hydrogen-bond acceptors (Lipinski definition) is 2. The molecule has 1 atom stereocenters. The van der Waals surface area contributed by atoms with Crippen molar-refractivity contribution in [1.29, 1.82) is 0 Å². The zero-order chi connectivity index (χ0) is 18.1. The Morgan fingerprint density at radius 2 is 2.15 bits per heavy atom. The Morgan fingerprint density at radius 3 is 2.81 bits per heavy atom. The third-order valence-electron chi connectivity index (χ3n) is 3.59. The maximum Gasteiger partial charge on any atom is 0.416 e. The van der Waals surface area contributed by atoms with Crippen molar-refractivity contribution in [2.45, 2.75) is 32.0 Å². The van der Waals surface area contributed by atoms with E-state index in [2.05, 4.69) is 27.5 Å². The molecule has 1 heterocycles. The number of nitrogens with zero attached hydrogens (tertiary/aromatic N) is 1. The van der Waals surface area contributed by atoms with Crippen LogP contribution in [0.25, 0.3) is 0 Å². The first kappa shape index (κ1) is 22.6. The summed E-state index contributed by atoms with van der Waals surface area (Å²) in [5.41, 5.74) is -0.364. The monoisotopic (exact) mass is 481 g/mol. The molecule has 1 aliphatic rings. The van der Waals surface area contributed by atoms with E-state index in [9.17, 15) is 13.2 Å². The van der Waals surface area contributed by atoms with Gasteiger partial charge >= 0.3 is 6.18 Å². The molecule has 1 aliphatic heterocycles. The molecule has 0 spiro atoms. The topological polar surface area (TPSA) is 45.7 Å². The molecule has 1 aromatic carbocycles. The summed E-state index contributed by atoms with van der Waals surface area (Å²) in [6.45, 7) is 4.31. The van der Waals surface area contributed by atoms with Gasteiger partial charge in [-0.3, -0.25) is 4.99 Å². The molecular formula is C18H23F3IN3O. The second-order valence-corrected chi connectivity index (χ2v) is 5.59. The van der Waals surface area contributed by atoms with E-state index >= 15 is 0 Å². The number of benzene rings is 1. The highest BCUT2D eigenvalue weighted by atomic mass is 127. The fourth-order valence-electron chi connectivity index (χ4n) is 2.37. The van der Waals surface area contributed by atoms with Gasteiger partial charge in [-0.15, -0.1) is 24.0 Å². The van der Waals surface area contributed by atoms with Crippen LogP contribution in [0, 0.1) is 11.8 Å². The quantitative estimate of drug-likeness (QED) is 0.300. The normalized spacial score (nSPS) is 17.1. The van der Waals surface area contributed by atoms with E-state index < -0.39 is 11.7 Å². The second kappa shape index (κ2) is 11.3. The Morgan fingerprint density at radius 1 is 1.35 bits per heavy atom. The Bertz CT molecular complexity index is 647. The standard InChI is InChI=1S/C18H22F3N3O.HI/c1-2-22-17(24-13-16-9-5-11-25-16)23-10-4-7-14-6-3-8-15(12-14)18(19,20)21;/h3,6,8,12,16H,2,5,9-11,13H2,1H3,(H2,22,23,24);1H. The van der Waals surface area contributed by atoms with Gasteiger partial charge in [0.15, 0.2) is 5.96 Å². The minimum atomic E-state index is -4.36. The van der Waals surface area contributed by atoms with Crippen molar-refractivity contribution in [2.24, 2.45) is 4.99 Å². The highest BCUT2D eigenvalue weighted by Gasteiger charge is 2.30. The molecule has 2 N–H and O–H groups in total. The van der Waals surface area contributed by atoms with Crippen LogP contribution in [0.4, 0.5) is 13.2 Å². The summed E-state index contributed by atoms with van der Waals surface area (Å²) in [5.74, 6) is 6.17. The molecule has 144 valence electrons. The molecule has 2 rings (SSSR count). The lowest BCUT2D eigenvalue weighted by molar-refractivity contribution is -0.137. The molecule has 1 fully saturated rings. The van der Waals surface area contributed by atoms with E-state index in [1.165, 1.54) is 6.07 Å². The van der Waals surface area contributed by atoms with Crippen LogP contribution in [0.3, 0.4) is 0 Å². The summed E-state index contributed by atoms with van der Waals surface area (Å²) in [6.07, 6.45) is -2.12. The van der Waals surface area contributed by atoms with Gasteiger partial charge in [0.2, 0.25) is 0 Å². The van der Waals surface area contributed by atoms with Gasteiger partial charge < -0.3 is 15.4 Å². The largest absolute Gasteiger partial charge is 0.416 e.